The maximum Gasteiger partial charge on any atom is 0.256 e. The minimum atomic E-state index is -3.28. The van der Waals surface area contributed by atoms with E-state index in [1.54, 1.807) is 6.92 Å². The van der Waals surface area contributed by atoms with Crippen LogP contribution in [0.1, 0.15) is 39.7 Å². The zero-order chi connectivity index (χ0) is 17.3. The molecule has 0 atom stereocenters. The lowest BCUT2D eigenvalue weighted by atomic mass is 10.1. The van der Waals surface area contributed by atoms with Gasteiger partial charge in [-0.1, -0.05) is 6.92 Å². The number of hydrogen-bond donors (Lipinski definition) is 1. The maximum atomic E-state index is 12.4. The van der Waals surface area contributed by atoms with Gasteiger partial charge in [0.05, 0.1) is 16.2 Å². The van der Waals surface area contributed by atoms with Crippen LogP contribution in [-0.4, -0.2) is 20.1 Å². The van der Waals surface area contributed by atoms with Gasteiger partial charge in [-0.2, -0.15) is 5.26 Å². The van der Waals surface area contributed by atoms with Crippen molar-refractivity contribution in [1.29, 1.82) is 5.26 Å². The van der Waals surface area contributed by atoms with E-state index in [1.165, 1.54) is 40.5 Å². The molecule has 3 rings (SSSR count). The fraction of sp³-hybridized carbons (Fsp3) is 0.294. The third-order valence-electron chi connectivity index (χ3n) is 4.12. The van der Waals surface area contributed by atoms with E-state index in [-0.39, 0.29) is 16.6 Å². The third kappa shape index (κ3) is 2.95. The molecule has 24 heavy (non-hydrogen) atoms. The van der Waals surface area contributed by atoms with E-state index in [2.05, 4.69) is 11.4 Å². The second-order valence-electron chi connectivity index (χ2n) is 5.56. The van der Waals surface area contributed by atoms with E-state index >= 15 is 0 Å². The molecular weight excluding hydrogens is 344 g/mol. The number of nitriles is 1. The van der Waals surface area contributed by atoms with Crippen LogP contribution in [0, 0.1) is 11.3 Å². The van der Waals surface area contributed by atoms with E-state index < -0.39 is 9.84 Å². The Labute approximate surface area is 144 Å². The van der Waals surface area contributed by atoms with Gasteiger partial charge in [0.15, 0.2) is 9.84 Å². The average Bonchev–Trinajstić information content (AvgIpc) is 3.15. The Morgan fingerprint density at radius 1 is 1.29 bits per heavy atom. The van der Waals surface area contributed by atoms with Crippen molar-refractivity contribution in [3.8, 4) is 6.07 Å². The number of sulfone groups is 1. The predicted octanol–water partition coefficient (Wildman–Crippen LogP) is 3.15. The van der Waals surface area contributed by atoms with Crippen molar-refractivity contribution >= 4 is 32.1 Å². The molecule has 0 saturated heterocycles. The number of benzene rings is 1. The molecular formula is C17H16N2O3S2. The van der Waals surface area contributed by atoms with Crippen molar-refractivity contribution in [3.63, 3.8) is 0 Å². The lowest BCUT2D eigenvalue weighted by Crippen LogP contribution is -2.12. The molecule has 0 unspecified atom stereocenters. The van der Waals surface area contributed by atoms with Gasteiger partial charge in [-0.25, -0.2) is 8.42 Å². The van der Waals surface area contributed by atoms with Crippen LogP contribution in [-0.2, 0) is 22.7 Å². The van der Waals surface area contributed by atoms with Gasteiger partial charge in [-0.05, 0) is 49.1 Å². The van der Waals surface area contributed by atoms with Crippen molar-refractivity contribution in [1.82, 2.24) is 0 Å². The average molecular weight is 360 g/mol. The SMILES string of the molecule is CCS(=O)(=O)c1ccc(C(=O)Nc2sc3c(c2C#N)CCC3)cc1. The highest BCUT2D eigenvalue weighted by molar-refractivity contribution is 7.91. The van der Waals surface area contributed by atoms with Crippen LogP contribution in [0.25, 0.3) is 0 Å². The molecule has 1 aromatic heterocycles. The van der Waals surface area contributed by atoms with E-state index in [9.17, 15) is 18.5 Å². The van der Waals surface area contributed by atoms with Crippen LogP contribution in [0.2, 0.25) is 0 Å². The standard InChI is InChI=1S/C17H16N2O3S2/c1-2-24(21,22)12-8-6-11(7-9-12)16(20)19-17-14(10-18)13-4-3-5-15(13)23-17/h6-9H,2-5H2,1H3,(H,19,20). The number of aryl methyl sites for hydroxylation is 1. The number of carbonyl (C=O) groups is 1. The van der Waals surface area contributed by atoms with E-state index in [4.69, 9.17) is 0 Å². The molecule has 5 nitrogen and oxygen atoms in total. The fourth-order valence-corrected chi connectivity index (χ4v) is 4.89. The Kier molecular flexibility index (Phi) is 4.43. The zero-order valence-electron chi connectivity index (χ0n) is 13.1. The Hall–Kier alpha value is -2.17. The number of hydrogen-bond acceptors (Lipinski definition) is 5. The molecule has 1 N–H and O–H groups in total. The van der Waals surface area contributed by atoms with Gasteiger partial charge in [0.1, 0.15) is 11.1 Å². The summed E-state index contributed by atoms with van der Waals surface area (Å²) in [6, 6.07) is 8.04. The summed E-state index contributed by atoms with van der Waals surface area (Å²) in [5.41, 5.74) is 1.98. The summed E-state index contributed by atoms with van der Waals surface area (Å²) in [4.78, 5) is 13.8. The van der Waals surface area contributed by atoms with Crippen LogP contribution >= 0.6 is 11.3 Å². The van der Waals surface area contributed by atoms with Crippen LogP contribution in [0.5, 0.6) is 0 Å². The molecule has 1 amide bonds. The number of anilines is 1. The highest BCUT2D eigenvalue weighted by Gasteiger charge is 2.23. The van der Waals surface area contributed by atoms with Crippen LogP contribution in [0.4, 0.5) is 5.00 Å². The Bertz CT molecular complexity index is 935. The summed E-state index contributed by atoms with van der Waals surface area (Å²) in [6.07, 6.45) is 2.89. The Morgan fingerprint density at radius 2 is 2.00 bits per heavy atom. The van der Waals surface area contributed by atoms with Crippen molar-refractivity contribution in [2.75, 3.05) is 11.1 Å². The molecule has 0 radical (unpaired) electrons. The largest absolute Gasteiger partial charge is 0.312 e. The monoisotopic (exact) mass is 360 g/mol. The lowest BCUT2D eigenvalue weighted by molar-refractivity contribution is 0.102. The second-order valence-corrected chi connectivity index (χ2v) is 8.94. The smallest absolute Gasteiger partial charge is 0.256 e. The number of rotatable bonds is 4. The Morgan fingerprint density at radius 3 is 2.62 bits per heavy atom. The Balaban J connectivity index is 1.83. The van der Waals surface area contributed by atoms with Crippen molar-refractivity contribution in [2.24, 2.45) is 0 Å². The minimum absolute atomic E-state index is 0.0187. The maximum absolute atomic E-state index is 12.4. The molecule has 0 saturated carbocycles. The number of fused-ring (bicyclic) bond motifs is 1. The summed E-state index contributed by atoms with van der Waals surface area (Å²) in [7, 11) is -3.28. The predicted molar refractivity (Wildman–Crippen MR) is 93.2 cm³/mol. The summed E-state index contributed by atoms with van der Waals surface area (Å²) < 4.78 is 23.6. The van der Waals surface area contributed by atoms with Crippen LogP contribution in [0.3, 0.4) is 0 Å². The number of carbonyl (C=O) groups excluding carboxylic acids is 1. The third-order valence-corrected chi connectivity index (χ3v) is 7.07. The van der Waals surface area contributed by atoms with E-state index in [1.807, 2.05) is 0 Å². The van der Waals surface area contributed by atoms with E-state index in [0.717, 1.165) is 24.8 Å². The summed E-state index contributed by atoms with van der Waals surface area (Å²) in [6.45, 7) is 1.58. The van der Waals surface area contributed by atoms with E-state index in [0.29, 0.717) is 16.1 Å². The van der Waals surface area contributed by atoms with Gasteiger partial charge in [0.2, 0.25) is 0 Å². The topological polar surface area (TPSA) is 87.0 Å². The van der Waals surface area contributed by atoms with Gasteiger partial charge in [0.25, 0.3) is 5.91 Å². The summed E-state index contributed by atoms with van der Waals surface area (Å²) in [5.74, 6) is -0.322. The van der Waals surface area contributed by atoms with Crippen molar-refractivity contribution < 1.29 is 13.2 Å². The first-order chi connectivity index (χ1) is 11.5. The first kappa shape index (κ1) is 16.7. The van der Waals surface area contributed by atoms with Crippen molar-refractivity contribution in [2.45, 2.75) is 31.1 Å². The number of nitrogens with one attached hydrogen (secondary N) is 1. The zero-order valence-corrected chi connectivity index (χ0v) is 14.8. The number of nitrogens with zero attached hydrogens (tertiary/aromatic N) is 1. The molecule has 1 aliphatic rings. The number of amides is 1. The highest BCUT2D eigenvalue weighted by Crippen LogP contribution is 2.38. The fourth-order valence-electron chi connectivity index (χ4n) is 2.77. The molecule has 1 heterocycles. The first-order valence-electron chi connectivity index (χ1n) is 7.65. The first-order valence-corrected chi connectivity index (χ1v) is 10.1. The van der Waals surface area contributed by atoms with Gasteiger partial charge < -0.3 is 5.32 Å². The summed E-state index contributed by atoms with van der Waals surface area (Å²) in [5, 5.41) is 12.7. The molecule has 0 bridgehead atoms. The lowest BCUT2D eigenvalue weighted by Gasteiger charge is -2.06. The van der Waals surface area contributed by atoms with Gasteiger partial charge in [0, 0.05) is 10.4 Å². The molecule has 0 aliphatic heterocycles. The minimum Gasteiger partial charge on any atom is -0.312 e. The molecule has 0 spiro atoms. The molecule has 2 aromatic rings. The highest BCUT2D eigenvalue weighted by atomic mass is 32.2. The van der Waals surface area contributed by atoms with Crippen LogP contribution < -0.4 is 5.32 Å². The van der Waals surface area contributed by atoms with Crippen molar-refractivity contribution in [3.05, 3.63) is 45.8 Å². The second kappa shape index (κ2) is 6.38. The molecule has 1 aliphatic carbocycles. The molecule has 1 aromatic carbocycles. The molecule has 124 valence electrons. The number of thiophene rings is 1. The van der Waals surface area contributed by atoms with Gasteiger partial charge >= 0.3 is 0 Å². The molecule has 0 fully saturated rings. The quantitative estimate of drug-likeness (QED) is 0.907. The normalized spacial score (nSPS) is 13.3. The van der Waals surface area contributed by atoms with Crippen LogP contribution in [0.15, 0.2) is 29.2 Å². The van der Waals surface area contributed by atoms with Gasteiger partial charge in [-0.3, -0.25) is 4.79 Å². The van der Waals surface area contributed by atoms with Gasteiger partial charge in [-0.15, -0.1) is 11.3 Å². The molecule has 7 heteroatoms. The summed E-state index contributed by atoms with van der Waals surface area (Å²) >= 11 is 1.46.